The Kier molecular flexibility index (Phi) is 4.39. The molecule has 1 aliphatic rings. The molecular weight excluding hydrogens is 380 g/mol. The van der Waals surface area contributed by atoms with Crippen LogP contribution in [0, 0.1) is 0 Å². The van der Waals surface area contributed by atoms with Gasteiger partial charge in [-0.25, -0.2) is 4.98 Å². The Morgan fingerprint density at radius 2 is 2.07 bits per heavy atom. The summed E-state index contributed by atoms with van der Waals surface area (Å²) in [4.78, 5) is 13.6. The standard InChI is InChI=1S/C20H17ClN4OS/c21-14-4-1-5-15-16(14)17-18(27-15)20(26-11-13-3-2-8-23-13)25-19(24-17)12-6-9-22-10-7-12/h1,4-7,9-10,13,23H,2-3,8,11H2/t13-/m0/s1. The normalized spacial score (nSPS) is 17.0. The van der Waals surface area contributed by atoms with Crippen LogP contribution in [0.5, 0.6) is 5.88 Å². The summed E-state index contributed by atoms with van der Waals surface area (Å²) in [6, 6.07) is 10.1. The van der Waals surface area contributed by atoms with Crippen LogP contribution in [-0.2, 0) is 0 Å². The fourth-order valence-corrected chi connectivity index (χ4v) is 4.86. The highest BCUT2D eigenvalue weighted by molar-refractivity contribution is 7.26. The number of halogens is 1. The SMILES string of the molecule is Clc1cccc2sc3c(OC[C@@H]4CCCN4)nc(-c4ccncc4)nc3c12. The van der Waals surface area contributed by atoms with Crippen molar-refractivity contribution < 1.29 is 4.74 Å². The van der Waals surface area contributed by atoms with Crippen molar-refractivity contribution in [2.45, 2.75) is 18.9 Å². The Bertz CT molecular complexity index is 1110. The Morgan fingerprint density at radius 1 is 1.19 bits per heavy atom. The first-order valence-electron chi connectivity index (χ1n) is 8.95. The van der Waals surface area contributed by atoms with E-state index in [1.807, 2.05) is 24.3 Å². The van der Waals surface area contributed by atoms with Gasteiger partial charge in [0, 0.05) is 34.1 Å². The minimum Gasteiger partial charge on any atom is -0.475 e. The quantitative estimate of drug-likeness (QED) is 0.542. The van der Waals surface area contributed by atoms with Crippen LogP contribution in [0.3, 0.4) is 0 Å². The minimum atomic E-state index is 0.373. The minimum absolute atomic E-state index is 0.373. The van der Waals surface area contributed by atoms with E-state index in [9.17, 15) is 0 Å². The predicted octanol–water partition coefficient (Wildman–Crippen LogP) is 4.69. The summed E-state index contributed by atoms with van der Waals surface area (Å²) in [5.74, 6) is 1.25. The van der Waals surface area contributed by atoms with Gasteiger partial charge >= 0.3 is 0 Å². The molecule has 0 radical (unpaired) electrons. The number of thiophene rings is 1. The second-order valence-electron chi connectivity index (χ2n) is 6.59. The lowest BCUT2D eigenvalue weighted by Crippen LogP contribution is -2.28. The number of hydrogen-bond donors (Lipinski definition) is 1. The summed E-state index contributed by atoms with van der Waals surface area (Å²) in [7, 11) is 0. The summed E-state index contributed by atoms with van der Waals surface area (Å²) in [6.45, 7) is 1.65. The van der Waals surface area contributed by atoms with Crippen LogP contribution >= 0.6 is 22.9 Å². The molecule has 136 valence electrons. The molecule has 5 nitrogen and oxygen atoms in total. The zero-order valence-electron chi connectivity index (χ0n) is 14.5. The highest BCUT2D eigenvalue weighted by atomic mass is 35.5. The summed E-state index contributed by atoms with van der Waals surface area (Å²) < 4.78 is 8.20. The molecule has 1 atom stereocenters. The molecule has 0 aliphatic carbocycles. The molecule has 4 heterocycles. The van der Waals surface area contributed by atoms with Gasteiger partial charge in [0.1, 0.15) is 11.3 Å². The van der Waals surface area contributed by atoms with Crippen molar-refractivity contribution in [3.63, 3.8) is 0 Å². The van der Waals surface area contributed by atoms with E-state index in [4.69, 9.17) is 26.3 Å². The molecule has 0 amide bonds. The van der Waals surface area contributed by atoms with Crippen molar-refractivity contribution >= 4 is 43.2 Å². The van der Waals surface area contributed by atoms with Gasteiger partial charge in [0.05, 0.1) is 10.5 Å². The Labute approximate surface area is 165 Å². The number of rotatable bonds is 4. The molecule has 7 heteroatoms. The summed E-state index contributed by atoms with van der Waals surface area (Å²) >= 11 is 8.12. The third-order valence-electron chi connectivity index (χ3n) is 4.78. The van der Waals surface area contributed by atoms with Crippen LogP contribution in [0.25, 0.3) is 31.7 Å². The van der Waals surface area contributed by atoms with E-state index in [-0.39, 0.29) is 0 Å². The summed E-state index contributed by atoms with van der Waals surface area (Å²) in [5, 5.41) is 5.12. The third-order valence-corrected chi connectivity index (χ3v) is 6.23. The van der Waals surface area contributed by atoms with E-state index in [1.54, 1.807) is 23.7 Å². The number of nitrogens with zero attached hydrogens (tertiary/aromatic N) is 3. The van der Waals surface area contributed by atoms with Gasteiger partial charge < -0.3 is 10.1 Å². The van der Waals surface area contributed by atoms with Crippen molar-refractivity contribution in [2.24, 2.45) is 0 Å². The molecule has 0 unspecified atom stereocenters. The van der Waals surface area contributed by atoms with Crippen LogP contribution in [0.4, 0.5) is 0 Å². The molecule has 5 rings (SSSR count). The van der Waals surface area contributed by atoms with Gasteiger partial charge in [0.25, 0.3) is 0 Å². The number of nitrogens with one attached hydrogen (secondary N) is 1. The van der Waals surface area contributed by atoms with Gasteiger partial charge in [0.15, 0.2) is 5.82 Å². The van der Waals surface area contributed by atoms with E-state index in [2.05, 4.69) is 16.4 Å². The number of fused-ring (bicyclic) bond motifs is 3. The zero-order chi connectivity index (χ0) is 18.2. The van der Waals surface area contributed by atoms with E-state index >= 15 is 0 Å². The van der Waals surface area contributed by atoms with Crippen LogP contribution in [0.1, 0.15) is 12.8 Å². The van der Waals surface area contributed by atoms with Crippen molar-refractivity contribution in [1.29, 1.82) is 0 Å². The molecule has 1 aromatic carbocycles. The first-order chi connectivity index (χ1) is 13.3. The Balaban J connectivity index is 1.68. The average Bonchev–Trinajstić information content (AvgIpc) is 3.35. The van der Waals surface area contributed by atoms with Crippen LogP contribution in [0.15, 0.2) is 42.7 Å². The van der Waals surface area contributed by atoms with Crippen molar-refractivity contribution in [3.8, 4) is 17.3 Å². The second kappa shape index (κ2) is 7.03. The second-order valence-corrected chi connectivity index (χ2v) is 8.04. The lowest BCUT2D eigenvalue weighted by molar-refractivity contribution is 0.271. The van der Waals surface area contributed by atoms with Crippen LogP contribution < -0.4 is 10.1 Å². The maximum atomic E-state index is 6.49. The number of pyridine rings is 1. The molecule has 0 bridgehead atoms. The summed E-state index contributed by atoms with van der Waals surface area (Å²) in [6.07, 6.45) is 5.80. The molecule has 27 heavy (non-hydrogen) atoms. The van der Waals surface area contributed by atoms with Crippen LogP contribution in [-0.4, -0.2) is 34.1 Å². The molecule has 1 fully saturated rings. The lowest BCUT2D eigenvalue weighted by atomic mass is 10.2. The topological polar surface area (TPSA) is 59.9 Å². The zero-order valence-corrected chi connectivity index (χ0v) is 16.1. The average molecular weight is 397 g/mol. The monoisotopic (exact) mass is 396 g/mol. The fourth-order valence-electron chi connectivity index (χ4n) is 3.43. The van der Waals surface area contributed by atoms with Gasteiger partial charge in [-0.2, -0.15) is 4.98 Å². The maximum absolute atomic E-state index is 6.49. The number of benzene rings is 1. The first-order valence-corrected chi connectivity index (χ1v) is 10.1. The lowest BCUT2D eigenvalue weighted by Gasteiger charge is -2.12. The van der Waals surface area contributed by atoms with Crippen molar-refractivity contribution in [2.75, 3.05) is 13.2 Å². The van der Waals surface area contributed by atoms with Crippen molar-refractivity contribution in [3.05, 3.63) is 47.7 Å². The fraction of sp³-hybridized carbons (Fsp3) is 0.250. The highest BCUT2D eigenvalue weighted by Crippen LogP contribution is 2.41. The van der Waals surface area contributed by atoms with Crippen LogP contribution in [0.2, 0.25) is 5.02 Å². The van der Waals surface area contributed by atoms with Gasteiger partial charge in [-0.15, -0.1) is 11.3 Å². The van der Waals surface area contributed by atoms with Crippen molar-refractivity contribution in [1.82, 2.24) is 20.3 Å². The molecule has 1 N–H and O–H groups in total. The van der Waals surface area contributed by atoms with Gasteiger partial charge in [-0.1, -0.05) is 17.7 Å². The van der Waals surface area contributed by atoms with E-state index < -0.39 is 0 Å². The number of aromatic nitrogens is 3. The third kappa shape index (κ3) is 3.14. The Morgan fingerprint density at radius 3 is 2.89 bits per heavy atom. The largest absolute Gasteiger partial charge is 0.475 e. The predicted molar refractivity (Wildman–Crippen MR) is 110 cm³/mol. The highest BCUT2D eigenvalue weighted by Gasteiger charge is 2.20. The molecule has 3 aromatic heterocycles. The number of ether oxygens (including phenoxy) is 1. The first kappa shape index (κ1) is 16.9. The molecular formula is C20H17ClN4OS. The molecule has 1 aliphatic heterocycles. The van der Waals surface area contributed by atoms with Gasteiger partial charge in [-0.3, -0.25) is 4.98 Å². The summed E-state index contributed by atoms with van der Waals surface area (Å²) in [5.41, 5.74) is 1.75. The van der Waals surface area contributed by atoms with E-state index in [0.29, 0.717) is 29.4 Å². The van der Waals surface area contributed by atoms with Gasteiger partial charge in [0.2, 0.25) is 5.88 Å². The van der Waals surface area contributed by atoms with E-state index in [1.165, 1.54) is 6.42 Å². The van der Waals surface area contributed by atoms with Gasteiger partial charge in [-0.05, 0) is 43.7 Å². The molecule has 4 aromatic rings. The van der Waals surface area contributed by atoms with E-state index in [0.717, 1.165) is 38.8 Å². The number of hydrogen-bond acceptors (Lipinski definition) is 6. The molecule has 0 spiro atoms. The molecule has 1 saturated heterocycles. The smallest absolute Gasteiger partial charge is 0.235 e. The maximum Gasteiger partial charge on any atom is 0.235 e. The Hall–Kier alpha value is -2.28. The molecule has 0 saturated carbocycles.